The number of hydrogen-bond donors (Lipinski definition) is 0. The second-order valence-corrected chi connectivity index (χ2v) is 1.95. The first-order chi connectivity index (χ1) is 4.84. The summed E-state index contributed by atoms with van der Waals surface area (Å²) in [6.45, 7) is 4.51. The molecule has 0 saturated carbocycles. The third kappa shape index (κ3) is 1.43. The quantitative estimate of drug-likeness (QED) is 0.615. The van der Waals surface area contributed by atoms with Crippen LogP contribution in [-0.4, -0.2) is 16.8 Å². The summed E-state index contributed by atoms with van der Waals surface area (Å²) < 4.78 is 5.16. The normalized spacial score (nSPS) is 9.40. The molecule has 1 rings (SSSR count). The highest BCUT2D eigenvalue weighted by molar-refractivity contribution is 5.20. The summed E-state index contributed by atoms with van der Waals surface area (Å²) in [4.78, 5) is 0. The van der Waals surface area contributed by atoms with E-state index in [0.717, 1.165) is 5.56 Å². The largest absolute Gasteiger partial charge is 0.477 e. The van der Waals surface area contributed by atoms with Gasteiger partial charge in [-0.25, -0.2) is 0 Å². The van der Waals surface area contributed by atoms with Crippen molar-refractivity contribution in [3.63, 3.8) is 0 Å². The van der Waals surface area contributed by atoms with Crippen LogP contribution in [0.15, 0.2) is 12.3 Å². The number of rotatable bonds is 2. The smallest absolute Gasteiger partial charge is 0.236 e. The molecule has 54 valence electrons. The molecule has 3 heteroatoms. The van der Waals surface area contributed by atoms with Gasteiger partial charge in [-0.2, -0.15) is 5.10 Å². The molecule has 3 nitrogen and oxygen atoms in total. The van der Waals surface area contributed by atoms with Gasteiger partial charge in [0.1, 0.15) is 0 Å². The van der Waals surface area contributed by atoms with Gasteiger partial charge in [0.05, 0.1) is 12.8 Å². The Bertz CT molecular complexity index is 213. The molecular formula is C7H10N2O. The Hall–Kier alpha value is -1.12. The number of hydrogen-bond acceptors (Lipinski definition) is 3. The number of ether oxygens (including phenoxy) is 1. The molecule has 0 saturated heterocycles. The third-order valence-corrected chi connectivity index (χ3v) is 1.16. The Morgan fingerprint density at radius 1 is 1.60 bits per heavy atom. The molecule has 0 aromatic carbocycles. The topological polar surface area (TPSA) is 35.0 Å². The molecule has 1 aromatic heterocycles. The molecule has 0 atom stereocenters. The lowest BCUT2D eigenvalue weighted by molar-refractivity contribution is 0.320. The van der Waals surface area contributed by atoms with Crippen molar-refractivity contribution in [2.75, 3.05) is 6.61 Å². The predicted octanol–water partition coefficient (Wildman–Crippen LogP) is 1.18. The maximum Gasteiger partial charge on any atom is 0.236 e. The van der Waals surface area contributed by atoms with E-state index in [1.165, 1.54) is 0 Å². The van der Waals surface area contributed by atoms with Gasteiger partial charge in [-0.05, 0) is 19.9 Å². The van der Waals surface area contributed by atoms with Crippen molar-refractivity contribution in [3.8, 4) is 5.88 Å². The fourth-order valence-corrected chi connectivity index (χ4v) is 0.660. The Balaban J connectivity index is 2.81. The van der Waals surface area contributed by atoms with E-state index in [-0.39, 0.29) is 0 Å². The molecule has 0 aliphatic rings. The lowest BCUT2D eigenvalue weighted by Crippen LogP contribution is -1.97. The minimum atomic E-state index is 0.630. The minimum Gasteiger partial charge on any atom is -0.477 e. The average molecular weight is 138 g/mol. The maximum absolute atomic E-state index is 5.16. The summed E-state index contributed by atoms with van der Waals surface area (Å²) in [5.74, 6) is 0.630. The molecule has 0 fully saturated rings. The van der Waals surface area contributed by atoms with Crippen LogP contribution in [0.4, 0.5) is 0 Å². The Labute approximate surface area is 60.0 Å². The van der Waals surface area contributed by atoms with Gasteiger partial charge < -0.3 is 4.74 Å². The Kier molecular flexibility index (Phi) is 2.20. The molecule has 0 N–H and O–H groups in total. The zero-order valence-corrected chi connectivity index (χ0v) is 6.16. The fourth-order valence-electron chi connectivity index (χ4n) is 0.660. The number of aryl methyl sites for hydroxylation is 1. The van der Waals surface area contributed by atoms with E-state index < -0.39 is 0 Å². The molecule has 1 aromatic rings. The van der Waals surface area contributed by atoms with E-state index in [9.17, 15) is 0 Å². The van der Waals surface area contributed by atoms with Crippen molar-refractivity contribution in [1.29, 1.82) is 0 Å². The van der Waals surface area contributed by atoms with Gasteiger partial charge >= 0.3 is 0 Å². The summed E-state index contributed by atoms with van der Waals surface area (Å²) in [6.07, 6.45) is 1.65. The van der Waals surface area contributed by atoms with Crippen LogP contribution < -0.4 is 4.74 Å². The molecular weight excluding hydrogens is 128 g/mol. The Morgan fingerprint density at radius 2 is 2.40 bits per heavy atom. The van der Waals surface area contributed by atoms with Gasteiger partial charge in [-0.3, -0.25) is 0 Å². The van der Waals surface area contributed by atoms with Crippen molar-refractivity contribution < 1.29 is 4.74 Å². The highest BCUT2D eigenvalue weighted by Gasteiger charge is 1.96. The van der Waals surface area contributed by atoms with E-state index in [4.69, 9.17) is 4.74 Å². The van der Waals surface area contributed by atoms with E-state index in [0.29, 0.717) is 12.5 Å². The first-order valence-corrected chi connectivity index (χ1v) is 3.25. The highest BCUT2D eigenvalue weighted by Crippen LogP contribution is 2.09. The van der Waals surface area contributed by atoms with Gasteiger partial charge in [0.2, 0.25) is 5.88 Å². The molecule has 0 aliphatic carbocycles. The lowest BCUT2D eigenvalue weighted by atomic mass is 10.3. The number of nitrogens with zero attached hydrogens (tertiary/aromatic N) is 2. The summed E-state index contributed by atoms with van der Waals surface area (Å²) >= 11 is 0. The molecule has 0 spiro atoms. The first-order valence-electron chi connectivity index (χ1n) is 3.25. The molecule has 0 radical (unpaired) electrons. The summed E-state index contributed by atoms with van der Waals surface area (Å²) in [7, 11) is 0. The van der Waals surface area contributed by atoms with Crippen molar-refractivity contribution in [1.82, 2.24) is 10.2 Å². The Morgan fingerprint density at radius 3 is 3.00 bits per heavy atom. The van der Waals surface area contributed by atoms with Crippen molar-refractivity contribution >= 4 is 0 Å². The van der Waals surface area contributed by atoms with Crippen LogP contribution >= 0.6 is 0 Å². The van der Waals surface area contributed by atoms with Crippen LogP contribution in [0.2, 0.25) is 0 Å². The van der Waals surface area contributed by atoms with Crippen LogP contribution in [0.3, 0.4) is 0 Å². The van der Waals surface area contributed by atoms with Gasteiger partial charge in [0.15, 0.2) is 0 Å². The maximum atomic E-state index is 5.16. The standard InChI is InChI=1S/C7H10N2O/c1-3-10-7-6(2)4-5-8-9-7/h4-5H,3H2,1-2H3. The summed E-state index contributed by atoms with van der Waals surface area (Å²) in [5.41, 5.74) is 1.02. The van der Waals surface area contributed by atoms with E-state index in [2.05, 4.69) is 10.2 Å². The lowest BCUT2D eigenvalue weighted by Gasteiger charge is -2.01. The van der Waals surface area contributed by atoms with Crippen molar-refractivity contribution in [2.45, 2.75) is 13.8 Å². The molecule has 10 heavy (non-hydrogen) atoms. The van der Waals surface area contributed by atoms with Crippen LogP contribution in [0, 0.1) is 6.92 Å². The van der Waals surface area contributed by atoms with Crippen molar-refractivity contribution in [2.24, 2.45) is 0 Å². The molecule has 0 amide bonds. The summed E-state index contributed by atoms with van der Waals surface area (Å²) in [6, 6.07) is 1.87. The van der Waals surface area contributed by atoms with Crippen molar-refractivity contribution in [3.05, 3.63) is 17.8 Å². The van der Waals surface area contributed by atoms with Gasteiger partial charge in [0.25, 0.3) is 0 Å². The molecule has 0 aliphatic heterocycles. The van der Waals surface area contributed by atoms with Gasteiger partial charge in [-0.15, -0.1) is 5.10 Å². The van der Waals surface area contributed by atoms with Crippen LogP contribution in [0.5, 0.6) is 5.88 Å². The van der Waals surface area contributed by atoms with E-state index in [1.54, 1.807) is 6.20 Å². The zero-order valence-electron chi connectivity index (χ0n) is 6.16. The third-order valence-electron chi connectivity index (χ3n) is 1.16. The first kappa shape index (κ1) is 6.99. The number of aromatic nitrogens is 2. The van der Waals surface area contributed by atoms with Crippen LogP contribution in [0.25, 0.3) is 0 Å². The second kappa shape index (κ2) is 3.15. The van der Waals surface area contributed by atoms with E-state index >= 15 is 0 Å². The van der Waals surface area contributed by atoms with Gasteiger partial charge in [0, 0.05) is 5.56 Å². The summed E-state index contributed by atoms with van der Waals surface area (Å²) in [5, 5.41) is 7.48. The van der Waals surface area contributed by atoms with Crippen LogP contribution in [-0.2, 0) is 0 Å². The SMILES string of the molecule is CCOc1nnccc1C. The highest BCUT2D eigenvalue weighted by atomic mass is 16.5. The molecule has 0 bridgehead atoms. The minimum absolute atomic E-state index is 0.630. The monoisotopic (exact) mass is 138 g/mol. The van der Waals surface area contributed by atoms with Gasteiger partial charge in [-0.1, -0.05) is 0 Å². The predicted molar refractivity (Wildman–Crippen MR) is 37.9 cm³/mol. The fraction of sp³-hybridized carbons (Fsp3) is 0.429. The molecule has 1 heterocycles. The van der Waals surface area contributed by atoms with E-state index in [1.807, 2.05) is 19.9 Å². The second-order valence-electron chi connectivity index (χ2n) is 1.95. The zero-order chi connectivity index (χ0) is 7.40. The van der Waals surface area contributed by atoms with Crippen LogP contribution in [0.1, 0.15) is 12.5 Å². The molecule has 0 unspecified atom stereocenters. The average Bonchev–Trinajstić information content (AvgIpc) is 1.94.